The number of hydrogen-bond acceptors (Lipinski definition) is 3. The van der Waals surface area contributed by atoms with Crippen molar-refractivity contribution in [2.75, 3.05) is 25.9 Å². The van der Waals surface area contributed by atoms with E-state index in [2.05, 4.69) is 50.1 Å². The number of benzene rings is 1. The van der Waals surface area contributed by atoms with Crippen molar-refractivity contribution < 1.29 is 8.42 Å². The second kappa shape index (κ2) is 5.62. The van der Waals surface area contributed by atoms with Crippen LogP contribution in [0.2, 0.25) is 0 Å². The average Bonchev–Trinajstić information content (AvgIpc) is 3.04. The Balaban J connectivity index is 1.99. The standard InChI is InChI=1S/C17H26N2O2S/c1-5-22(20,21)19-10-15-13-8-6-7-9-14(13)17(16(15)11-19)18(4)12(2)3/h6-9,12,15-17H,5,10-11H2,1-4H3/t15-,16-,17-/m0/s1. The Bertz CT molecular complexity index is 656. The third-order valence-corrected chi connectivity index (χ3v) is 7.28. The van der Waals surface area contributed by atoms with E-state index in [0.717, 1.165) is 0 Å². The maximum absolute atomic E-state index is 12.3. The Morgan fingerprint density at radius 2 is 1.86 bits per heavy atom. The lowest BCUT2D eigenvalue weighted by Crippen LogP contribution is -2.36. The Labute approximate surface area is 134 Å². The van der Waals surface area contributed by atoms with Gasteiger partial charge in [0, 0.05) is 37.0 Å². The molecule has 2 aliphatic rings. The van der Waals surface area contributed by atoms with Crippen molar-refractivity contribution in [3.63, 3.8) is 0 Å². The highest BCUT2D eigenvalue weighted by Crippen LogP contribution is 2.52. The van der Waals surface area contributed by atoms with Crippen molar-refractivity contribution in [1.82, 2.24) is 9.21 Å². The van der Waals surface area contributed by atoms with E-state index >= 15 is 0 Å². The number of rotatable bonds is 4. The normalized spacial score (nSPS) is 28.4. The summed E-state index contributed by atoms with van der Waals surface area (Å²) in [6, 6.07) is 9.33. The molecule has 0 N–H and O–H groups in total. The summed E-state index contributed by atoms with van der Waals surface area (Å²) in [6.07, 6.45) is 0. The second-order valence-electron chi connectivity index (χ2n) is 6.82. The first-order valence-corrected chi connectivity index (χ1v) is 9.76. The van der Waals surface area contributed by atoms with Gasteiger partial charge in [-0.25, -0.2) is 12.7 Å². The van der Waals surface area contributed by atoms with Crippen LogP contribution in [0.3, 0.4) is 0 Å². The summed E-state index contributed by atoms with van der Waals surface area (Å²) in [6.45, 7) is 7.42. The molecule has 1 fully saturated rings. The van der Waals surface area contributed by atoms with Gasteiger partial charge >= 0.3 is 0 Å². The van der Waals surface area contributed by atoms with Gasteiger partial charge in [0.05, 0.1) is 5.75 Å². The van der Waals surface area contributed by atoms with E-state index in [1.165, 1.54) is 11.1 Å². The number of sulfonamides is 1. The van der Waals surface area contributed by atoms with E-state index in [4.69, 9.17) is 0 Å². The van der Waals surface area contributed by atoms with E-state index < -0.39 is 10.0 Å². The fraction of sp³-hybridized carbons (Fsp3) is 0.647. The molecular formula is C17H26N2O2S. The molecule has 5 heteroatoms. The molecule has 1 saturated heterocycles. The lowest BCUT2D eigenvalue weighted by Gasteiger charge is -2.33. The molecule has 0 spiro atoms. The zero-order chi connectivity index (χ0) is 16.1. The Kier molecular flexibility index (Phi) is 4.08. The molecule has 1 aromatic rings. The van der Waals surface area contributed by atoms with Crippen LogP contribution in [-0.4, -0.2) is 49.6 Å². The van der Waals surface area contributed by atoms with Crippen molar-refractivity contribution >= 4 is 10.0 Å². The van der Waals surface area contributed by atoms with Crippen LogP contribution < -0.4 is 0 Å². The van der Waals surface area contributed by atoms with Crippen molar-refractivity contribution in [2.24, 2.45) is 5.92 Å². The topological polar surface area (TPSA) is 40.6 Å². The maximum atomic E-state index is 12.3. The third-order valence-electron chi connectivity index (χ3n) is 5.46. The van der Waals surface area contributed by atoms with Gasteiger partial charge < -0.3 is 0 Å². The van der Waals surface area contributed by atoms with Crippen LogP contribution in [-0.2, 0) is 10.0 Å². The fourth-order valence-electron chi connectivity index (χ4n) is 4.04. The van der Waals surface area contributed by atoms with Crippen molar-refractivity contribution in [1.29, 1.82) is 0 Å². The van der Waals surface area contributed by atoms with Crippen LogP contribution in [0.1, 0.15) is 43.9 Å². The lowest BCUT2D eigenvalue weighted by atomic mass is 9.93. The highest BCUT2D eigenvalue weighted by atomic mass is 32.2. The number of fused-ring (bicyclic) bond motifs is 3. The van der Waals surface area contributed by atoms with Gasteiger partial charge in [-0.15, -0.1) is 0 Å². The molecule has 1 aromatic carbocycles. The maximum Gasteiger partial charge on any atom is 0.213 e. The SMILES string of the molecule is CCS(=O)(=O)N1C[C@H]2[C@@H](C1)c1ccccc1[C@@H]2N(C)C(C)C. The summed E-state index contributed by atoms with van der Waals surface area (Å²) in [5.41, 5.74) is 2.74. The largest absolute Gasteiger partial charge is 0.297 e. The van der Waals surface area contributed by atoms with E-state index in [9.17, 15) is 8.42 Å². The summed E-state index contributed by atoms with van der Waals surface area (Å²) in [4.78, 5) is 2.39. The minimum Gasteiger partial charge on any atom is -0.297 e. The molecule has 3 atom stereocenters. The van der Waals surface area contributed by atoms with Gasteiger partial charge in [-0.2, -0.15) is 0 Å². The molecule has 0 bridgehead atoms. The lowest BCUT2D eigenvalue weighted by molar-refractivity contribution is 0.150. The van der Waals surface area contributed by atoms with Crippen LogP contribution in [0.5, 0.6) is 0 Å². The average molecular weight is 322 g/mol. The van der Waals surface area contributed by atoms with E-state index in [1.807, 2.05) is 0 Å². The van der Waals surface area contributed by atoms with Gasteiger partial charge in [0.15, 0.2) is 0 Å². The molecule has 4 nitrogen and oxygen atoms in total. The third kappa shape index (κ3) is 2.39. The highest BCUT2D eigenvalue weighted by molar-refractivity contribution is 7.89. The molecule has 122 valence electrons. The first-order valence-electron chi connectivity index (χ1n) is 8.15. The van der Waals surface area contributed by atoms with Crippen LogP contribution >= 0.6 is 0 Å². The van der Waals surface area contributed by atoms with Gasteiger partial charge in [-0.3, -0.25) is 4.90 Å². The molecule has 0 unspecified atom stereocenters. The first-order chi connectivity index (χ1) is 10.4. The highest BCUT2D eigenvalue weighted by Gasteiger charge is 2.49. The molecule has 22 heavy (non-hydrogen) atoms. The van der Waals surface area contributed by atoms with Gasteiger partial charge in [-0.05, 0) is 38.9 Å². The van der Waals surface area contributed by atoms with Gasteiger partial charge in [-0.1, -0.05) is 24.3 Å². The smallest absolute Gasteiger partial charge is 0.213 e. The van der Waals surface area contributed by atoms with Crippen LogP contribution in [0.4, 0.5) is 0 Å². The molecule has 0 saturated carbocycles. The molecule has 0 amide bonds. The summed E-state index contributed by atoms with van der Waals surface area (Å²) >= 11 is 0. The zero-order valence-electron chi connectivity index (χ0n) is 13.9. The quantitative estimate of drug-likeness (QED) is 0.855. The van der Waals surface area contributed by atoms with Crippen LogP contribution in [0.15, 0.2) is 24.3 Å². The summed E-state index contributed by atoms with van der Waals surface area (Å²) in [5.74, 6) is 0.897. The molecule has 3 rings (SSSR count). The number of hydrogen-bond donors (Lipinski definition) is 0. The Morgan fingerprint density at radius 3 is 2.45 bits per heavy atom. The van der Waals surface area contributed by atoms with E-state index in [1.54, 1.807) is 11.2 Å². The monoisotopic (exact) mass is 322 g/mol. The van der Waals surface area contributed by atoms with Gasteiger partial charge in [0.1, 0.15) is 0 Å². The van der Waals surface area contributed by atoms with Gasteiger partial charge in [0.2, 0.25) is 10.0 Å². The van der Waals surface area contributed by atoms with Crippen LogP contribution in [0, 0.1) is 5.92 Å². The summed E-state index contributed by atoms with van der Waals surface area (Å²) < 4.78 is 26.2. The summed E-state index contributed by atoms with van der Waals surface area (Å²) in [7, 11) is -0.939. The second-order valence-corrected chi connectivity index (χ2v) is 9.08. The van der Waals surface area contributed by atoms with Crippen molar-refractivity contribution in [2.45, 2.75) is 38.8 Å². The predicted octanol–water partition coefficient (Wildman–Crippen LogP) is 2.45. The number of nitrogens with zero attached hydrogens (tertiary/aromatic N) is 2. The minimum atomic E-state index is -3.10. The van der Waals surface area contributed by atoms with E-state index in [-0.39, 0.29) is 5.75 Å². The fourth-order valence-corrected chi connectivity index (χ4v) is 5.19. The Morgan fingerprint density at radius 1 is 1.23 bits per heavy atom. The molecule has 0 radical (unpaired) electrons. The van der Waals surface area contributed by atoms with Gasteiger partial charge in [0.25, 0.3) is 0 Å². The Hall–Kier alpha value is -0.910. The summed E-state index contributed by atoms with van der Waals surface area (Å²) in [5, 5.41) is 0. The first kappa shape index (κ1) is 16.0. The molecule has 1 heterocycles. The van der Waals surface area contributed by atoms with Crippen molar-refractivity contribution in [3.8, 4) is 0 Å². The molecule has 1 aliphatic carbocycles. The predicted molar refractivity (Wildman–Crippen MR) is 89.3 cm³/mol. The van der Waals surface area contributed by atoms with Crippen LogP contribution in [0.25, 0.3) is 0 Å². The minimum absolute atomic E-state index is 0.193. The molecule has 0 aromatic heterocycles. The van der Waals surface area contributed by atoms with Crippen molar-refractivity contribution in [3.05, 3.63) is 35.4 Å². The molecule has 1 aliphatic heterocycles. The zero-order valence-corrected chi connectivity index (χ0v) is 14.7. The molecular weight excluding hydrogens is 296 g/mol. The van der Waals surface area contributed by atoms with E-state index in [0.29, 0.717) is 37.0 Å².